The van der Waals surface area contributed by atoms with Crippen LogP contribution in [0.3, 0.4) is 0 Å². The zero-order chi connectivity index (χ0) is 14.1. The molecule has 1 aromatic carbocycles. The number of hydrogen-bond acceptors (Lipinski definition) is 3. The quantitative estimate of drug-likeness (QED) is 0.456. The Labute approximate surface area is 116 Å². The van der Waals surface area contributed by atoms with Gasteiger partial charge in [-0.1, -0.05) is 43.4 Å². The highest BCUT2D eigenvalue weighted by atomic mass is 32.2. The molecule has 0 radical (unpaired) electrons. The average molecular weight is 280 g/mol. The van der Waals surface area contributed by atoms with E-state index in [1.54, 1.807) is 24.3 Å². The van der Waals surface area contributed by atoms with Crippen molar-refractivity contribution in [1.29, 1.82) is 0 Å². The second kappa shape index (κ2) is 7.98. The van der Waals surface area contributed by atoms with E-state index in [2.05, 4.69) is 18.8 Å². The van der Waals surface area contributed by atoms with Crippen molar-refractivity contribution >= 4 is 10.1 Å². The summed E-state index contributed by atoms with van der Waals surface area (Å²) in [5.74, 6) is 5.64. The minimum Gasteiger partial charge on any atom is -0.253 e. The minimum atomic E-state index is -3.68. The Hall–Kier alpha value is -1.31. The Morgan fingerprint density at radius 1 is 1.11 bits per heavy atom. The molecule has 104 valence electrons. The van der Waals surface area contributed by atoms with E-state index in [0.29, 0.717) is 0 Å². The lowest BCUT2D eigenvalue weighted by Gasteiger charge is -2.02. The van der Waals surface area contributed by atoms with Gasteiger partial charge in [0.2, 0.25) is 0 Å². The van der Waals surface area contributed by atoms with E-state index in [4.69, 9.17) is 4.18 Å². The molecule has 0 unspecified atom stereocenters. The van der Waals surface area contributed by atoms with Crippen molar-refractivity contribution in [2.45, 2.75) is 44.4 Å². The topological polar surface area (TPSA) is 43.4 Å². The summed E-state index contributed by atoms with van der Waals surface area (Å²) in [6.45, 7) is 3.95. The number of aryl methyl sites for hydroxylation is 1. The molecule has 0 bridgehead atoms. The average Bonchev–Trinajstić information content (AvgIpc) is 2.38. The Bertz CT molecular complexity index is 533. The molecule has 19 heavy (non-hydrogen) atoms. The van der Waals surface area contributed by atoms with Gasteiger partial charge in [0.1, 0.15) is 6.61 Å². The fraction of sp³-hybridized carbons (Fsp3) is 0.467. The maximum absolute atomic E-state index is 11.8. The molecule has 1 rings (SSSR count). The minimum absolute atomic E-state index is 0.0810. The summed E-state index contributed by atoms with van der Waals surface area (Å²) in [5, 5.41) is 0. The maximum Gasteiger partial charge on any atom is 0.297 e. The van der Waals surface area contributed by atoms with Crippen LogP contribution in [0.2, 0.25) is 0 Å². The van der Waals surface area contributed by atoms with E-state index in [1.165, 1.54) is 0 Å². The third kappa shape index (κ3) is 5.91. The first-order chi connectivity index (χ1) is 9.06. The molecule has 0 heterocycles. The van der Waals surface area contributed by atoms with Gasteiger partial charge < -0.3 is 0 Å². The van der Waals surface area contributed by atoms with Crippen LogP contribution in [0, 0.1) is 18.8 Å². The highest BCUT2D eigenvalue weighted by Crippen LogP contribution is 2.12. The van der Waals surface area contributed by atoms with Gasteiger partial charge in [0.15, 0.2) is 0 Å². The van der Waals surface area contributed by atoms with Crippen molar-refractivity contribution in [2.75, 3.05) is 6.61 Å². The maximum atomic E-state index is 11.8. The summed E-state index contributed by atoms with van der Waals surface area (Å²) in [6, 6.07) is 6.57. The first-order valence-corrected chi connectivity index (χ1v) is 7.89. The van der Waals surface area contributed by atoms with Gasteiger partial charge in [-0.3, -0.25) is 4.18 Å². The van der Waals surface area contributed by atoms with E-state index in [1.807, 2.05) is 6.92 Å². The molecule has 3 nitrogen and oxygen atoms in total. The lowest BCUT2D eigenvalue weighted by molar-refractivity contribution is 0.363. The number of benzene rings is 1. The molecule has 0 aliphatic heterocycles. The first kappa shape index (κ1) is 15.7. The van der Waals surface area contributed by atoms with Crippen LogP contribution in [0.15, 0.2) is 29.2 Å². The van der Waals surface area contributed by atoms with Gasteiger partial charge >= 0.3 is 0 Å². The van der Waals surface area contributed by atoms with E-state index in [-0.39, 0.29) is 11.5 Å². The second-order valence-corrected chi connectivity index (χ2v) is 5.96. The second-order valence-electron chi connectivity index (χ2n) is 4.34. The van der Waals surface area contributed by atoms with Crippen LogP contribution >= 0.6 is 0 Å². The monoisotopic (exact) mass is 280 g/mol. The molecule has 0 amide bonds. The third-order valence-corrected chi connectivity index (χ3v) is 3.90. The van der Waals surface area contributed by atoms with Gasteiger partial charge in [0.25, 0.3) is 10.1 Å². The summed E-state index contributed by atoms with van der Waals surface area (Å²) >= 11 is 0. The van der Waals surface area contributed by atoms with Crippen LogP contribution in [0.5, 0.6) is 0 Å². The standard InChI is InChI=1S/C15H20O3S/c1-3-4-5-6-7-8-13-18-19(16,17)15-11-9-14(2)10-12-15/h9-12H,3-6,13H2,1-2H3. The predicted molar refractivity (Wildman–Crippen MR) is 76.2 cm³/mol. The number of hydrogen-bond donors (Lipinski definition) is 0. The number of rotatable bonds is 6. The van der Waals surface area contributed by atoms with Crippen LogP contribution in [-0.2, 0) is 14.3 Å². The molecule has 0 saturated heterocycles. The molecular weight excluding hydrogens is 260 g/mol. The van der Waals surface area contributed by atoms with Crippen molar-refractivity contribution in [3.05, 3.63) is 29.8 Å². The van der Waals surface area contributed by atoms with Gasteiger partial charge in [0.05, 0.1) is 4.90 Å². The van der Waals surface area contributed by atoms with Crippen molar-refractivity contribution < 1.29 is 12.6 Å². The molecule has 4 heteroatoms. The number of unbranched alkanes of at least 4 members (excludes halogenated alkanes) is 3. The summed E-state index contributed by atoms with van der Waals surface area (Å²) in [5.41, 5.74) is 1.01. The van der Waals surface area contributed by atoms with E-state index in [9.17, 15) is 8.42 Å². The van der Waals surface area contributed by atoms with Gasteiger partial charge in [0, 0.05) is 6.42 Å². The summed E-state index contributed by atoms with van der Waals surface area (Å²) in [4.78, 5) is 0.172. The fourth-order valence-electron chi connectivity index (χ4n) is 1.48. The van der Waals surface area contributed by atoms with Crippen molar-refractivity contribution in [1.82, 2.24) is 0 Å². The highest BCUT2D eigenvalue weighted by molar-refractivity contribution is 7.86. The molecule has 0 atom stereocenters. The Balaban J connectivity index is 2.45. The molecule has 0 fully saturated rings. The molecule has 0 aromatic heterocycles. The van der Waals surface area contributed by atoms with Crippen LogP contribution in [-0.4, -0.2) is 15.0 Å². The van der Waals surface area contributed by atoms with E-state index < -0.39 is 10.1 Å². The molecule has 0 saturated carbocycles. The smallest absolute Gasteiger partial charge is 0.253 e. The van der Waals surface area contributed by atoms with Crippen LogP contribution < -0.4 is 0 Å². The van der Waals surface area contributed by atoms with Gasteiger partial charge in [-0.25, -0.2) is 0 Å². The zero-order valence-corrected chi connectivity index (χ0v) is 12.3. The van der Waals surface area contributed by atoms with E-state index >= 15 is 0 Å². The normalized spacial score (nSPS) is 10.8. The highest BCUT2D eigenvalue weighted by Gasteiger charge is 2.13. The summed E-state index contributed by atoms with van der Waals surface area (Å²) < 4.78 is 28.4. The van der Waals surface area contributed by atoms with Gasteiger partial charge in [-0.05, 0) is 25.5 Å². The Morgan fingerprint density at radius 3 is 2.42 bits per heavy atom. The zero-order valence-electron chi connectivity index (χ0n) is 11.5. The molecular formula is C15H20O3S. The van der Waals surface area contributed by atoms with Crippen molar-refractivity contribution in [3.63, 3.8) is 0 Å². The van der Waals surface area contributed by atoms with Crippen molar-refractivity contribution in [3.8, 4) is 11.8 Å². The Morgan fingerprint density at radius 2 is 1.79 bits per heavy atom. The van der Waals surface area contributed by atoms with Gasteiger partial charge in [-0.15, -0.1) is 5.92 Å². The predicted octanol–water partition coefficient (Wildman–Crippen LogP) is 3.28. The van der Waals surface area contributed by atoms with Crippen LogP contribution in [0.4, 0.5) is 0 Å². The molecule has 0 aliphatic rings. The molecule has 0 N–H and O–H groups in total. The Kier molecular flexibility index (Phi) is 6.61. The van der Waals surface area contributed by atoms with Crippen LogP contribution in [0.1, 0.15) is 38.2 Å². The largest absolute Gasteiger partial charge is 0.297 e. The first-order valence-electron chi connectivity index (χ1n) is 6.48. The summed E-state index contributed by atoms with van der Waals surface area (Å²) in [7, 11) is -3.68. The molecule has 0 spiro atoms. The SMILES string of the molecule is CCCCCC#CCOS(=O)(=O)c1ccc(C)cc1. The fourth-order valence-corrected chi connectivity index (χ4v) is 2.30. The van der Waals surface area contributed by atoms with Crippen molar-refractivity contribution in [2.24, 2.45) is 0 Å². The van der Waals surface area contributed by atoms with Gasteiger partial charge in [-0.2, -0.15) is 8.42 Å². The molecule has 1 aromatic rings. The van der Waals surface area contributed by atoms with Crippen LogP contribution in [0.25, 0.3) is 0 Å². The van der Waals surface area contributed by atoms with E-state index in [0.717, 1.165) is 31.2 Å². The lowest BCUT2D eigenvalue weighted by atomic mass is 10.2. The third-order valence-electron chi connectivity index (χ3n) is 2.63. The lowest BCUT2D eigenvalue weighted by Crippen LogP contribution is -2.06. The summed E-state index contributed by atoms with van der Waals surface area (Å²) in [6.07, 6.45) is 4.15. The molecule has 0 aliphatic carbocycles.